The van der Waals surface area contributed by atoms with Crippen LogP contribution < -0.4 is 0 Å². The highest BCUT2D eigenvalue weighted by molar-refractivity contribution is 9.10. The molecule has 2 aromatic rings. The minimum Gasteiger partial charge on any atom is -0.386 e. The smallest absolute Gasteiger partial charge is 0.101 e. The molecule has 2 rings (SSSR count). The lowest BCUT2D eigenvalue weighted by molar-refractivity contribution is 0.164. The molecule has 1 N–H and O–H groups in total. The Morgan fingerprint density at radius 2 is 1.90 bits per heavy atom. The van der Waals surface area contributed by atoms with Gasteiger partial charge in [-0.25, -0.2) is 0 Å². The van der Waals surface area contributed by atoms with E-state index in [4.69, 9.17) is 23.2 Å². The Hall–Kier alpha value is -0.550. The first-order valence-electron chi connectivity index (χ1n) is 6.25. The summed E-state index contributed by atoms with van der Waals surface area (Å²) in [6.07, 6.45) is 1.30. The van der Waals surface area contributed by atoms with Gasteiger partial charge < -0.3 is 5.11 Å². The predicted molar refractivity (Wildman–Crippen MR) is 85.4 cm³/mol. The zero-order chi connectivity index (χ0) is 14.9. The molecule has 0 aliphatic rings. The SMILES string of the molecule is CC(C)n1ncc(Br)c1C(O)Cc1c(Cl)cccc1Cl. The second kappa shape index (κ2) is 6.48. The average molecular weight is 378 g/mol. The molecule has 1 heterocycles. The third-order valence-corrected chi connectivity index (χ3v) is 4.37. The van der Waals surface area contributed by atoms with Crippen LogP contribution in [0, 0.1) is 0 Å². The first-order valence-corrected chi connectivity index (χ1v) is 7.80. The number of rotatable bonds is 4. The number of aliphatic hydroxyl groups excluding tert-OH is 1. The summed E-state index contributed by atoms with van der Waals surface area (Å²) in [4.78, 5) is 0. The molecule has 1 unspecified atom stereocenters. The van der Waals surface area contributed by atoms with Crippen molar-refractivity contribution in [2.75, 3.05) is 0 Å². The molecule has 0 saturated heterocycles. The lowest BCUT2D eigenvalue weighted by Crippen LogP contribution is -2.13. The molecule has 20 heavy (non-hydrogen) atoms. The Balaban J connectivity index is 2.33. The largest absolute Gasteiger partial charge is 0.386 e. The standard InChI is InChI=1S/C14H15BrCl2N2O/c1-8(2)19-14(10(15)7-18-19)13(20)6-9-11(16)4-3-5-12(9)17/h3-5,7-8,13,20H,6H2,1-2H3. The average Bonchev–Trinajstić information content (AvgIpc) is 2.76. The summed E-state index contributed by atoms with van der Waals surface area (Å²) in [7, 11) is 0. The van der Waals surface area contributed by atoms with Gasteiger partial charge >= 0.3 is 0 Å². The van der Waals surface area contributed by atoms with Gasteiger partial charge in [-0.15, -0.1) is 0 Å². The van der Waals surface area contributed by atoms with Gasteiger partial charge in [0.15, 0.2) is 0 Å². The van der Waals surface area contributed by atoms with Gasteiger partial charge in [-0.1, -0.05) is 29.3 Å². The van der Waals surface area contributed by atoms with Crippen molar-refractivity contribution >= 4 is 39.1 Å². The van der Waals surface area contributed by atoms with Gasteiger partial charge in [0.1, 0.15) is 6.10 Å². The maximum absolute atomic E-state index is 10.5. The number of hydrogen-bond donors (Lipinski definition) is 1. The van der Waals surface area contributed by atoms with Crippen molar-refractivity contribution in [2.24, 2.45) is 0 Å². The van der Waals surface area contributed by atoms with Gasteiger partial charge in [-0.2, -0.15) is 5.10 Å². The lowest BCUT2D eigenvalue weighted by Gasteiger charge is -2.17. The van der Waals surface area contributed by atoms with Crippen LogP contribution in [-0.4, -0.2) is 14.9 Å². The summed E-state index contributed by atoms with van der Waals surface area (Å²) < 4.78 is 2.57. The topological polar surface area (TPSA) is 38.0 Å². The Labute approximate surface area is 136 Å². The van der Waals surface area contributed by atoms with Crippen LogP contribution in [0.2, 0.25) is 10.0 Å². The van der Waals surface area contributed by atoms with Crippen LogP contribution in [0.15, 0.2) is 28.9 Å². The number of aromatic nitrogens is 2. The Morgan fingerprint density at radius 3 is 2.45 bits per heavy atom. The van der Waals surface area contributed by atoms with Crippen molar-refractivity contribution in [3.05, 3.63) is 50.2 Å². The number of benzene rings is 1. The van der Waals surface area contributed by atoms with Crippen molar-refractivity contribution in [1.29, 1.82) is 0 Å². The molecule has 3 nitrogen and oxygen atoms in total. The van der Waals surface area contributed by atoms with Crippen molar-refractivity contribution < 1.29 is 5.11 Å². The van der Waals surface area contributed by atoms with E-state index < -0.39 is 6.10 Å². The summed E-state index contributed by atoms with van der Waals surface area (Å²) in [5, 5.41) is 15.9. The van der Waals surface area contributed by atoms with Gasteiger partial charge in [-0.3, -0.25) is 4.68 Å². The first kappa shape index (κ1) is 15.8. The number of hydrogen-bond acceptors (Lipinski definition) is 2. The van der Waals surface area contributed by atoms with Gasteiger partial charge in [0.05, 0.1) is 16.4 Å². The molecule has 108 valence electrons. The number of aliphatic hydroxyl groups is 1. The van der Waals surface area contributed by atoms with E-state index in [9.17, 15) is 5.11 Å². The molecule has 0 fully saturated rings. The predicted octanol–water partition coefficient (Wildman–Crippen LogP) is 4.81. The van der Waals surface area contributed by atoms with Crippen molar-refractivity contribution in [1.82, 2.24) is 9.78 Å². The fourth-order valence-corrected chi connectivity index (χ4v) is 3.18. The second-order valence-electron chi connectivity index (χ2n) is 4.84. The monoisotopic (exact) mass is 376 g/mol. The molecule has 6 heteroatoms. The number of halogens is 3. The number of nitrogens with zero attached hydrogens (tertiary/aromatic N) is 2. The van der Waals surface area contributed by atoms with Crippen LogP contribution in [0.3, 0.4) is 0 Å². The quantitative estimate of drug-likeness (QED) is 0.830. The molecule has 0 radical (unpaired) electrons. The first-order chi connectivity index (χ1) is 9.41. The Morgan fingerprint density at radius 1 is 1.30 bits per heavy atom. The van der Waals surface area contributed by atoms with Crippen LogP contribution in [0.25, 0.3) is 0 Å². The molecule has 0 saturated carbocycles. The maximum atomic E-state index is 10.5. The molecule has 0 aliphatic heterocycles. The van der Waals surface area contributed by atoms with Crippen LogP contribution in [0.4, 0.5) is 0 Å². The summed E-state index contributed by atoms with van der Waals surface area (Å²) in [5.74, 6) is 0. The van der Waals surface area contributed by atoms with E-state index in [0.29, 0.717) is 16.5 Å². The highest BCUT2D eigenvalue weighted by Crippen LogP contribution is 2.32. The van der Waals surface area contributed by atoms with Gasteiger partial charge in [-0.05, 0) is 47.5 Å². The van der Waals surface area contributed by atoms with Crippen molar-refractivity contribution in [3.8, 4) is 0 Å². The molecule has 0 bridgehead atoms. The summed E-state index contributed by atoms with van der Waals surface area (Å²) >= 11 is 15.7. The van der Waals surface area contributed by atoms with Gasteiger partial charge in [0.2, 0.25) is 0 Å². The molecular weight excluding hydrogens is 363 g/mol. The third-order valence-electron chi connectivity index (χ3n) is 3.05. The second-order valence-corrected chi connectivity index (χ2v) is 6.50. The Bertz CT molecular complexity index is 593. The van der Waals surface area contributed by atoms with Crippen LogP contribution >= 0.6 is 39.1 Å². The lowest BCUT2D eigenvalue weighted by atomic mass is 10.1. The van der Waals surface area contributed by atoms with Crippen LogP contribution in [0.5, 0.6) is 0 Å². The molecule has 0 aliphatic carbocycles. The Kier molecular flexibility index (Phi) is 5.13. The van der Waals surface area contributed by atoms with E-state index in [1.807, 2.05) is 13.8 Å². The van der Waals surface area contributed by atoms with Crippen molar-refractivity contribution in [2.45, 2.75) is 32.4 Å². The fourth-order valence-electron chi connectivity index (χ4n) is 2.09. The highest BCUT2D eigenvalue weighted by atomic mass is 79.9. The third kappa shape index (κ3) is 3.19. The van der Waals surface area contributed by atoms with E-state index in [2.05, 4.69) is 21.0 Å². The minimum absolute atomic E-state index is 0.160. The summed E-state index contributed by atoms with van der Waals surface area (Å²) in [6.45, 7) is 4.02. The van der Waals surface area contributed by atoms with E-state index in [1.54, 1.807) is 29.1 Å². The molecule has 0 amide bonds. The van der Waals surface area contributed by atoms with E-state index in [1.165, 1.54) is 0 Å². The minimum atomic E-state index is -0.730. The molecular formula is C14H15BrCl2N2O. The summed E-state index contributed by atoms with van der Waals surface area (Å²) in [5.41, 5.74) is 1.47. The van der Waals surface area contributed by atoms with Crippen LogP contribution in [-0.2, 0) is 6.42 Å². The summed E-state index contributed by atoms with van der Waals surface area (Å²) in [6, 6.07) is 5.48. The zero-order valence-corrected chi connectivity index (χ0v) is 14.2. The highest BCUT2D eigenvalue weighted by Gasteiger charge is 2.21. The van der Waals surface area contributed by atoms with E-state index in [-0.39, 0.29) is 6.04 Å². The fraction of sp³-hybridized carbons (Fsp3) is 0.357. The zero-order valence-electron chi connectivity index (χ0n) is 11.1. The van der Waals surface area contributed by atoms with Crippen molar-refractivity contribution in [3.63, 3.8) is 0 Å². The molecule has 1 aromatic carbocycles. The van der Waals surface area contributed by atoms with Gasteiger partial charge in [0, 0.05) is 22.5 Å². The molecule has 1 aromatic heterocycles. The van der Waals surface area contributed by atoms with Crippen LogP contribution in [0.1, 0.15) is 37.3 Å². The molecule has 1 atom stereocenters. The molecule has 0 spiro atoms. The van der Waals surface area contributed by atoms with Gasteiger partial charge in [0.25, 0.3) is 0 Å². The maximum Gasteiger partial charge on any atom is 0.101 e. The normalized spacial score (nSPS) is 12.9. The van der Waals surface area contributed by atoms with E-state index in [0.717, 1.165) is 15.7 Å². The van der Waals surface area contributed by atoms with E-state index >= 15 is 0 Å².